The number of rotatable bonds is 4. The fourth-order valence-electron chi connectivity index (χ4n) is 3.06. The number of benzene rings is 1. The fourth-order valence-corrected chi connectivity index (χ4v) is 3.95. The summed E-state index contributed by atoms with van der Waals surface area (Å²) in [5.74, 6) is 0.755. The van der Waals surface area contributed by atoms with Crippen molar-refractivity contribution in [3.05, 3.63) is 45.7 Å². The van der Waals surface area contributed by atoms with Gasteiger partial charge in [0.05, 0.1) is 0 Å². The number of methoxy groups -OCH3 is 1. The van der Waals surface area contributed by atoms with Crippen LogP contribution >= 0.6 is 11.3 Å². The molecule has 0 saturated heterocycles. The van der Waals surface area contributed by atoms with Gasteiger partial charge in [-0.1, -0.05) is 29.5 Å². The molecule has 0 atom stereocenters. The number of aryl methyl sites for hydroxylation is 2. The fraction of sp³-hybridized carbons (Fsp3) is 0.438. The van der Waals surface area contributed by atoms with E-state index < -0.39 is 0 Å². The van der Waals surface area contributed by atoms with Crippen LogP contribution in [0.3, 0.4) is 0 Å². The normalized spacial score (nSPS) is 14.4. The smallest absolute Gasteiger partial charge is 0.234 e. The molecule has 5 nitrogen and oxygen atoms in total. The Bertz CT molecular complexity index is 808. The highest BCUT2D eigenvalue weighted by Crippen LogP contribution is 2.24. The third-order valence-corrected chi connectivity index (χ3v) is 5.04. The Kier molecular flexibility index (Phi) is 3.63. The summed E-state index contributed by atoms with van der Waals surface area (Å²) in [4.78, 5) is 0.833. The van der Waals surface area contributed by atoms with Gasteiger partial charge in [0, 0.05) is 13.5 Å². The second-order valence-electron chi connectivity index (χ2n) is 5.73. The van der Waals surface area contributed by atoms with Gasteiger partial charge in [-0.15, -0.1) is 10.2 Å². The molecule has 0 bridgehead atoms. The summed E-state index contributed by atoms with van der Waals surface area (Å²) in [6.07, 6.45) is 5.94. The number of hydrogen-bond acceptors (Lipinski definition) is 5. The first-order chi connectivity index (χ1) is 10.8. The van der Waals surface area contributed by atoms with Crippen molar-refractivity contribution < 1.29 is 4.74 Å². The average molecular weight is 314 g/mol. The van der Waals surface area contributed by atoms with Crippen LogP contribution in [-0.4, -0.2) is 26.9 Å². The van der Waals surface area contributed by atoms with E-state index >= 15 is 0 Å². The number of nitrogens with zero attached hydrogens (tertiary/aromatic N) is 4. The van der Waals surface area contributed by atoms with E-state index in [1.165, 1.54) is 42.4 Å². The lowest BCUT2D eigenvalue weighted by Gasteiger charge is -2.16. The first-order valence-corrected chi connectivity index (χ1v) is 8.45. The summed E-state index contributed by atoms with van der Waals surface area (Å²) in [6.45, 7) is 0.434. The molecule has 0 fully saturated rings. The molecule has 0 saturated carbocycles. The Labute approximate surface area is 133 Å². The Balaban J connectivity index is 1.60. The summed E-state index contributed by atoms with van der Waals surface area (Å²) >= 11 is 1.60. The summed E-state index contributed by atoms with van der Waals surface area (Å²) in [5.41, 5.74) is 4.38. The number of aromatic nitrogens is 4. The lowest BCUT2D eigenvalue weighted by Crippen LogP contribution is -2.03. The number of hydrogen-bond donors (Lipinski definition) is 0. The minimum Gasteiger partial charge on any atom is -0.377 e. The van der Waals surface area contributed by atoms with E-state index in [0.717, 1.165) is 22.2 Å². The van der Waals surface area contributed by atoms with Gasteiger partial charge in [-0.2, -0.15) is 9.61 Å². The van der Waals surface area contributed by atoms with Crippen molar-refractivity contribution in [3.8, 4) is 0 Å². The quantitative estimate of drug-likeness (QED) is 0.743. The number of ether oxygens (including phenoxy) is 1. The van der Waals surface area contributed by atoms with Crippen LogP contribution in [0.4, 0.5) is 0 Å². The van der Waals surface area contributed by atoms with Crippen LogP contribution in [0.25, 0.3) is 4.96 Å². The van der Waals surface area contributed by atoms with E-state index in [1.807, 2.05) is 0 Å². The van der Waals surface area contributed by atoms with E-state index in [9.17, 15) is 0 Å². The Hall–Kier alpha value is -1.79. The van der Waals surface area contributed by atoms with Gasteiger partial charge >= 0.3 is 0 Å². The van der Waals surface area contributed by atoms with Gasteiger partial charge in [-0.05, 0) is 42.4 Å². The second kappa shape index (κ2) is 5.78. The second-order valence-corrected chi connectivity index (χ2v) is 6.77. The van der Waals surface area contributed by atoms with Gasteiger partial charge in [-0.25, -0.2) is 0 Å². The van der Waals surface area contributed by atoms with Crippen LogP contribution in [0.1, 0.15) is 40.4 Å². The standard InChI is InChI=1S/C16H18N4OS/c1-21-10-14-17-18-16-20(14)19-15(22-16)9-11-6-7-12-4-2-3-5-13(12)8-11/h6-8H,2-5,9-10H2,1H3. The van der Waals surface area contributed by atoms with Crippen LogP contribution in [0, 0.1) is 0 Å². The predicted molar refractivity (Wildman–Crippen MR) is 85.3 cm³/mol. The molecule has 2 heterocycles. The molecule has 1 aliphatic carbocycles. The van der Waals surface area contributed by atoms with Crippen molar-refractivity contribution in [2.24, 2.45) is 0 Å². The van der Waals surface area contributed by atoms with E-state index in [4.69, 9.17) is 4.74 Å². The predicted octanol–water partition coefficient (Wildman–Crippen LogP) is 2.80. The topological polar surface area (TPSA) is 52.3 Å². The summed E-state index contributed by atoms with van der Waals surface area (Å²) in [5, 5.41) is 13.9. The molecule has 22 heavy (non-hydrogen) atoms. The van der Waals surface area contributed by atoms with Crippen molar-refractivity contribution in [2.45, 2.75) is 38.7 Å². The first-order valence-electron chi connectivity index (χ1n) is 7.63. The molecular formula is C16H18N4OS. The van der Waals surface area contributed by atoms with Crippen molar-refractivity contribution in [2.75, 3.05) is 7.11 Å². The molecule has 0 spiro atoms. The zero-order valence-electron chi connectivity index (χ0n) is 12.6. The molecule has 0 radical (unpaired) electrons. The lowest BCUT2D eigenvalue weighted by molar-refractivity contribution is 0.176. The SMILES string of the molecule is COCc1nnc2sc(Cc3ccc4c(c3)CCCC4)nn12. The molecule has 3 aromatic rings. The third-order valence-electron chi connectivity index (χ3n) is 4.14. The molecular weight excluding hydrogens is 296 g/mol. The molecule has 0 N–H and O–H groups in total. The largest absolute Gasteiger partial charge is 0.377 e. The molecule has 2 aromatic heterocycles. The summed E-state index contributed by atoms with van der Waals surface area (Å²) in [6, 6.07) is 6.88. The molecule has 114 valence electrons. The lowest BCUT2D eigenvalue weighted by atomic mass is 9.90. The minimum atomic E-state index is 0.434. The van der Waals surface area contributed by atoms with E-state index in [2.05, 4.69) is 33.5 Å². The average Bonchev–Trinajstić information content (AvgIpc) is 3.09. The number of fused-ring (bicyclic) bond motifs is 2. The zero-order valence-corrected chi connectivity index (χ0v) is 13.4. The molecule has 0 amide bonds. The van der Waals surface area contributed by atoms with Gasteiger partial charge in [-0.3, -0.25) is 0 Å². The first kappa shape index (κ1) is 13.8. The monoisotopic (exact) mass is 314 g/mol. The molecule has 4 rings (SSSR count). The Morgan fingerprint density at radius 2 is 2.05 bits per heavy atom. The van der Waals surface area contributed by atoms with Gasteiger partial charge in [0.2, 0.25) is 4.96 Å². The Morgan fingerprint density at radius 3 is 2.91 bits per heavy atom. The highest BCUT2D eigenvalue weighted by Gasteiger charge is 2.13. The van der Waals surface area contributed by atoms with E-state index in [-0.39, 0.29) is 0 Å². The molecule has 0 unspecified atom stereocenters. The maximum absolute atomic E-state index is 5.13. The van der Waals surface area contributed by atoms with Crippen molar-refractivity contribution in [3.63, 3.8) is 0 Å². The summed E-state index contributed by atoms with van der Waals surface area (Å²) in [7, 11) is 1.65. The van der Waals surface area contributed by atoms with Gasteiger partial charge in [0.1, 0.15) is 11.6 Å². The summed E-state index contributed by atoms with van der Waals surface area (Å²) < 4.78 is 6.92. The van der Waals surface area contributed by atoms with E-state index in [1.54, 1.807) is 23.0 Å². The van der Waals surface area contributed by atoms with Gasteiger partial charge in [0.25, 0.3) is 0 Å². The van der Waals surface area contributed by atoms with Crippen LogP contribution in [0.5, 0.6) is 0 Å². The van der Waals surface area contributed by atoms with Crippen LogP contribution in [-0.2, 0) is 30.6 Å². The third kappa shape index (κ3) is 2.53. The Morgan fingerprint density at radius 1 is 1.18 bits per heavy atom. The maximum atomic E-state index is 5.13. The van der Waals surface area contributed by atoms with Crippen molar-refractivity contribution in [1.82, 2.24) is 19.8 Å². The molecule has 0 aliphatic heterocycles. The maximum Gasteiger partial charge on any atom is 0.234 e. The van der Waals surface area contributed by atoms with Gasteiger partial charge in [0.15, 0.2) is 5.82 Å². The van der Waals surface area contributed by atoms with Crippen molar-refractivity contribution in [1.29, 1.82) is 0 Å². The van der Waals surface area contributed by atoms with Crippen LogP contribution in [0.15, 0.2) is 18.2 Å². The zero-order chi connectivity index (χ0) is 14.9. The highest BCUT2D eigenvalue weighted by atomic mass is 32.1. The minimum absolute atomic E-state index is 0.434. The highest BCUT2D eigenvalue weighted by molar-refractivity contribution is 7.16. The van der Waals surface area contributed by atoms with Gasteiger partial charge < -0.3 is 4.74 Å². The molecule has 1 aromatic carbocycles. The van der Waals surface area contributed by atoms with Crippen LogP contribution in [0.2, 0.25) is 0 Å². The molecule has 1 aliphatic rings. The molecule has 6 heteroatoms. The van der Waals surface area contributed by atoms with Crippen LogP contribution < -0.4 is 0 Å². The van der Waals surface area contributed by atoms with Crippen molar-refractivity contribution >= 4 is 16.3 Å². The van der Waals surface area contributed by atoms with E-state index in [0.29, 0.717) is 6.61 Å².